The van der Waals surface area contributed by atoms with Gasteiger partial charge in [-0.05, 0) is 20.3 Å². The topological polar surface area (TPSA) is 88.2 Å². The predicted molar refractivity (Wildman–Crippen MR) is 70.5 cm³/mol. The average molecular weight is 259 g/mol. The molecule has 0 aliphatic carbocycles. The van der Waals surface area contributed by atoms with Crippen molar-refractivity contribution in [3.05, 3.63) is 0 Å². The summed E-state index contributed by atoms with van der Waals surface area (Å²) in [4.78, 5) is 13.7. The van der Waals surface area contributed by atoms with E-state index in [0.29, 0.717) is 19.6 Å². The van der Waals surface area contributed by atoms with Crippen molar-refractivity contribution >= 4 is 11.7 Å². The van der Waals surface area contributed by atoms with E-state index in [1.54, 1.807) is 11.9 Å². The first-order chi connectivity index (χ1) is 8.43. The largest absolute Gasteiger partial charge is 0.409 e. The van der Waals surface area contributed by atoms with Crippen LogP contribution in [0.4, 0.5) is 0 Å². The van der Waals surface area contributed by atoms with Gasteiger partial charge in [0.05, 0.1) is 18.6 Å². The number of hydrogen-bond acceptors (Lipinski definition) is 4. The zero-order chi connectivity index (χ0) is 14.1. The minimum absolute atomic E-state index is 0.0292. The maximum absolute atomic E-state index is 12.1. The van der Waals surface area contributed by atoms with Crippen LogP contribution in [0.5, 0.6) is 0 Å². The first-order valence-electron chi connectivity index (χ1n) is 6.28. The van der Waals surface area contributed by atoms with E-state index in [2.05, 4.69) is 5.16 Å². The smallest absolute Gasteiger partial charge is 0.233 e. The van der Waals surface area contributed by atoms with Crippen LogP contribution >= 0.6 is 0 Å². The van der Waals surface area contributed by atoms with E-state index in [1.165, 1.54) is 0 Å². The second-order valence-electron chi connectivity index (χ2n) is 4.55. The lowest BCUT2D eigenvalue weighted by atomic mass is 10.0. The van der Waals surface area contributed by atoms with Gasteiger partial charge in [0.2, 0.25) is 5.91 Å². The van der Waals surface area contributed by atoms with Gasteiger partial charge in [0.15, 0.2) is 5.84 Å². The lowest BCUT2D eigenvalue weighted by Crippen LogP contribution is -2.41. The highest BCUT2D eigenvalue weighted by Crippen LogP contribution is 2.10. The molecule has 0 saturated heterocycles. The second kappa shape index (κ2) is 8.74. The summed E-state index contributed by atoms with van der Waals surface area (Å²) < 4.78 is 5.38. The van der Waals surface area contributed by atoms with Crippen molar-refractivity contribution in [1.29, 1.82) is 0 Å². The van der Waals surface area contributed by atoms with Crippen LogP contribution in [0.25, 0.3) is 0 Å². The molecule has 0 aromatic carbocycles. The third kappa shape index (κ3) is 5.86. The highest BCUT2D eigenvalue weighted by Gasteiger charge is 2.25. The molecule has 0 aliphatic heterocycles. The molecule has 0 radical (unpaired) electrons. The average Bonchev–Trinajstić information content (AvgIpc) is 2.33. The summed E-state index contributed by atoms with van der Waals surface area (Å²) in [6, 6.07) is 0. The van der Waals surface area contributed by atoms with Gasteiger partial charge < -0.3 is 20.6 Å². The number of amides is 1. The van der Waals surface area contributed by atoms with Gasteiger partial charge in [0, 0.05) is 13.6 Å². The van der Waals surface area contributed by atoms with Crippen molar-refractivity contribution in [2.45, 2.75) is 39.7 Å². The molecule has 1 amide bonds. The van der Waals surface area contributed by atoms with Crippen LogP contribution in [-0.4, -0.2) is 48.2 Å². The summed E-state index contributed by atoms with van der Waals surface area (Å²) in [7, 11) is 1.69. The molecule has 3 N–H and O–H groups in total. The molecule has 6 heteroatoms. The molecule has 1 atom stereocenters. The Balaban J connectivity index is 4.38. The lowest BCUT2D eigenvalue weighted by molar-refractivity contribution is -0.133. The molecular weight excluding hydrogens is 234 g/mol. The molecule has 0 bridgehead atoms. The maximum Gasteiger partial charge on any atom is 0.233 e. The van der Waals surface area contributed by atoms with Gasteiger partial charge in [-0.25, -0.2) is 0 Å². The fourth-order valence-corrected chi connectivity index (χ4v) is 1.56. The van der Waals surface area contributed by atoms with Gasteiger partial charge >= 0.3 is 0 Å². The van der Waals surface area contributed by atoms with Crippen LogP contribution in [0.2, 0.25) is 0 Å². The van der Waals surface area contributed by atoms with E-state index >= 15 is 0 Å². The predicted octanol–water partition coefficient (Wildman–Crippen LogP) is 1.03. The Bertz CT molecular complexity index is 280. The van der Waals surface area contributed by atoms with Crippen LogP contribution in [-0.2, 0) is 9.53 Å². The molecule has 0 aliphatic rings. The molecule has 106 valence electrons. The van der Waals surface area contributed by atoms with E-state index in [1.807, 2.05) is 20.8 Å². The van der Waals surface area contributed by atoms with Crippen molar-refractivity contribution in [2.75, 3.05) is 20.2 Å². The van der Waals surface area contributed by atoms with Gasteiger partial charge in [0.1, 0.15) is 0 Å². The number of hydrogen-bond donors (Lipinski definition) is 2. The van der Waals surface area contributed by atoms with E-state index in [-0.39, 0.29) is 17.8 Å². The first-order valence-corrected chi connectivity index (χ1v) is 6.28. The number of rotatable bonds is 8. The molecule has 0 aromatic rings. The monoisotopic (exact) mass is 259 g/mol. The van der Waals surface area contributed by atoms with Gasteiger partial charge in [-0.2, -0.15) is 0 Å². The fraction of sp³-hybridized carbons (Fsp3) is 0.833. The van der Waals surface area contributed by atoms with E-state index in [4.69, 9.17) is 15.7 Å². The Hall–Kier alpha value is -1.30. The summed E-state index contributed by atoms with van der Waals surface area (Å²) in [6.07, 6.45) is 1.51. The molecule has 0 rings (SSSR count). The summed E-state index contributed by atoms with van der Waals surface area (Å²) >= 11 is 0. The normalized spacial score (nSPS) is 13.7. The Labute approximate surface area is 109 Å². The lowest BCUT2D eigenvalue weighted by Gasteiger charge is -2.23. The number of nitrogens with zero attached hydrogens (tertiary/aromatic N) is 2. The number of amidine groups is 1. The molecule has 0 fully saturated rings. The van der Waals surface area contributed by atoms with Crippen LogP contribution in [0.3, 0.4) is 0 Å². The number of likely N-dealkylation sites (N-methyl/N-ethyl adjacent to an activating group) is 1. The zero-order valence-corrected chi connectivity index (χ0v) is 11.7. The Morgan fingerprint density at radius 3 is 2.56 bits per heavy atom. The standard InChI is InChI=1S/C12H25N3O3/c1-5-6-10(11(13)14-17)12(16)15(4)7-8-18-9(2)3/h9-10,17H,5-8H2,1-4H3,(H2,13,14). The number of ether oxygens (including phenoxy) is 1. The third-order valence-electron chi connectivity index (χ3n) is 2.60. The number of oxime groups is 1. The third-order valence-corrected chi connectivity index (χ3v) is 2.60. The van der Waals surface area contributed by atoms with Crippen LogP contribution in [0.15, 0.2) is 5.16 Å². The van der Waals surface area contributed by atoms with Crippen molar-refractivity contribution in [3.8, 4) is 0 Å². The number of nitrogens with two attached hydrogens (primary N) is 1. The molecular formula is C12H25N3O3. The molecule has 6 nitrogen and oxygen atoms in total. The van der Waals surface area contributed by atoms with Gasteiger partial charge in [-0.15, -0.1) is 0 Å². The highest BCUT2D eigenvalue weighted by molar-refractivity contribution is 6.01. The van der Waals surface area contributed by atoms with Gasteiger partial charge in [-0.3, -0.25) is 4.79 Å². The fourth-order valence-electron chi connectivity index (χ4n) is 1.56. The Morgan fingerprint density at radius 2 is 2.11 bits per heavy atom. The zero-order valence-electron chi connectivity index (χ0n) is 11.7. The van der Waals surface area contributed by atoms with Crippen LogP contribution in [0.1, 0.15) is 33.6 Å². The van der Waals surface area contributed by atoms with Crippen LogP contribution in [0, 0.1) is 5.92 Å². The quantitative estimate of drug-likeness (QED) is 0.295. The van der Waals surface area contributed by atoms with E-state index in [0.717, 1.165) is 6.42 Å². The van der Waals surface area contributed by atoms with Gasteiger partial charge in [-0.1, -0.05) is 18.5 Å². The molecule has 0 saturated carbocycles. The summed E-state index contributed by atoms with van der Waals surface area (Å²) in [5.41, 5.74) is 5.54. The van der Waals surface area contributed by atoms with E-state index in [9.17, 15) is 4.79 Å². The van der Waals surface area contributed by atoms with Crippen molar-refractivity contribution < 1.29 is 14.7 Å². The van der Waals surface area contributed by atoms with Crippen molar-refractivity contribution in [2.24, 2.45) is 16.8 Å². The van der Waals surface area contributed by atoms with Crippen molar-refractivity contribution in [1.82, 2.24) is 4.90 Å². The minimum Gasteiger partial charge on any atom is -0.409 e. The van der Waals surface area contributed by atoms with E-state index < -0.39 is 5.92 Å². The summed E-state index contributed by atoms with van der Waals surface area (Å²) in [6.45, 7) is 6.81. The molecule has 0 spiro atoms. The first kappa shape index (κ1) is 16.7. The molecule has 18 heavy (non-hydrogen) atoms. The molecule has 1 unspecified atom stereocenters. The SMILES string of the molecule is CCCC(C(=O)N(C)CCOC(C)C)C(N)=NO. The number of carbonyl (C=O) groups excluding carboxylic acids is 1. The summed E-state index contributed by atoms with van der Waals surface area (Å²) in [5, 5.41) is 11.6. The Morgan fingerprint density at radius 1 is 1.50 bits per heavy atom. The molecule has 0 aromatic heterocycles. The second-order valence-corrected chi connectivity index (χ2v) is 4.55. The maximum atomic E-state index is 12.1. The minimum atomic E-state index is -0.552. The highest BCUT2D eigenvalue weighted by atomic mass is 16.5. The molecule has 0 heterocycles. The van der Waals surface area contributed by atoms with Crippen LogP contribution < -0.4 is 5.73 Å². The number of carbonyl (C=O) groups is 1. The van der Waals surface area contributed by atoms with Crippen molar-refractivity contribution in [3.63, 3.8) is 0 Å². The Kier molecular flexibility index (Phi) is 8.11. The van der Waals surface area contributed by atoms with Gasteiger partial charge in [0.25, 0.3) is 0 Å². The summed E-state index contributed by atoms with van der Waals surface area (Å²) in [5.74, 6) is -0.720.